The molecule has 0 aliphatic carbocycles. The predicted molar refractivity (Wildman–Crippen MR) is 107 cm³/mol. The first-order valence-corrected chi connectivity index (χ1v) is 8.60. The largest absolute Gasteiger partial charge is 0.493 e. The molecule has 1 heterocycles. The number of benzene rings is 2. The molecule has 154 valence electrons. The van der Waals surface area contributed by atoms with Crippen LogP contribution in [0.4, 0.5) is 0 Å². The van der Waals surface area contributed by atoms with Gasteiger partial charge in [-0.2, -0.15) is 0 Å². The van der Waals surface area contributed by atoms with E-state index < -0.39 is 0 Å². The van der Waals surface area contributed by atoms with Gasteiger partial charge in [-0.3, -0.25) is 4.79 Å². The van der Waals surface area contributed by atoms with Gasteiger partial charge in [0, 0.05) is 11.6 Å². The van der Waals surface area contributed by atoms with E-state index in [9.17, 15) is 4.79 Å². The number of ether oxygens (including phenoxy) is 6. The van der Waals surface area contributed by atoms with Crippen LogP contribution in [0.25, 0.3) is 22.3 Å². The molecule has 0 spiro atoms. The summed E-state index contributed by atoms with van der Waals surface area (Å²) < 4.78 is 38.3. The molecule has 0 aliphatic rings. The van der Waals surface area contributed by atoms with E-state index in [2.05, 4.69) is 0 Å². The standard InChI is InChI=1S/C21H22O8/c1-23-15-7-11(8-16(24-2)19(15)26-4)14-10-13(22)12-9-17(25-3)20(27-5)21(28-6)18(12)29-14/h7-10H,1-6H3. The fourth-order valence-electron chi connectivity index (χ4n) is 3.12. The van der Waals surface area contributed by atoms with Crippen molar-refractivity contribution in [1.29, 1.82) is 0 Å². The van der Waals surface area contributed by atoms with Crippen LogP contribution in [-0.4, -0.2) is 42.7 Å². The van der Waals surface area contributed by atoms with Gasteiger partial charge in [-0.25, -0.2) is 0 Å². The summed E-state index contributed by atoms with van der Waals surface area (Å²) in [6.07, 6.45) is 0. The van der Waals surface area contributed by atoms with E-state index in [4.69, 9.17) is 32.8 Å². The van der Waals surface area contributed by atoms with Crippen molar-refractivity contribution in [1.82, 2.24) is 0 Å². The summed E-state index contributed by atoms with van der Waals surface area (Å²) in [5.74, 6) is 2.55. The van der Waals surface area contributed by atoms with Crippen molar-refractivity contribution in [2.45, 2.75) is 0 Å². The van der Waals surface area contributed by atoms with E-state index in [1.807, 2.05) is 0 Å². The zero-order valence-electron chi connectivity index (χ0n) is 17.1. The Kier molecular flexibility index (Phi) is 5.72. The molecule has 0 fully saturated rings. The lowest BCUT2D eigenvalue weighted by Gasteiger charge is -2.16. The van der Waals surface area contributed by atoms with Crippen LogP contribution in [0.1, 0.15) is 0 Å². The minimum absolute atomic E-state index is 0.237. The molecule has 0 aliphatic heterocycles. The summed E-state index contributed by atoms with van der Waals surface area (Å²) in [5.41, 5.74) is 0.533. The molecular weight excluding hydrogens is 380 g/mol. The van der Waals surface area contributed by atoms with E-state index >= 15 is 0 Å². The first-order valence-electron chi connectivity index (χ1n) is 8.60. The van der Waals surface area contributed by atoms with Crippen LogP contribution in [-0.2, 0) is 0 Å². The second-order valence-corrected chi connectivity index (χ2v) is 5.91. The summed E-state index contributed by atoms with van der Waals surface area (Å²) in [6.45, 7) is 0. The fraction of sp³-hybridized carbons (Fsp3) is 0.286. The molecule has 2 aromatic carbocycles. The van der Waals surface area contributed by atoms with Crippen molar-refractivity contribution < 1.29 is 32.8 Å². The van der Waals surface area contributed by atoms with Gasteiger partial charge in [0.25, 0.3) is 0 Å². The van der Waals surface area contributed by atoms with E-state index in [0.717, 1.165) is 0 Å². The van der Waals surface area contributed by atoms with Gasteiger partial charge in [0.15, 0.2) is 28.3 Å². The third-order valence-corrected chi connectivity index (χ3v) is 4.47. The highest BCUT2D eigenvalue weighted by Gasteiger charge is 2.22. The van der Waals surface area contributed by atoms with E-state index in [0.29, 0.717) is 45.5 Å². The molecule has 3 aromatic rings. The maximum absolute atomic E-state index is 12.8. The van der Waals surface area contributed by atoms with Gasteiger partial charge in [0.05, 0.1) is 48.0 Å². The average Bonchev–Trinajstić information content (AvgIpc) is 2.76. The lowest BCUT2D eigenvalue weighted by molar-refractivity contribution is 0.323. The van der Waals surface area contributed by atoms with Crippen molar-refractivity contribution in [2.24, 2.45) is 0 Å². The Morgan fingerprint density at radius 2 is 1.14 bits per heavy atom. The van der Waals surface area contributed by atoms with Crippen LogP contribution < -0.4 is 33.8 Å². The summed E-state index contributed by atoms with van der Waals surface area (Å²) >= 11 is 0. The summed E-state index contributed by atoms with van der Waals surface area (Å²) in [7, 11) is 8.96. The van der Waals surface area contributed by atoms with Crippen molar-refractivity contribution in [2.75, 3.05) is 42.7 Å². The highest BCUT2D eigenvalue weighted by molar-refractivity contribution is 5.89. The molecule has 0 atom stereocenters. The van der Waals surface area contributed by atoms with Crippen LogP contribution in [0.2, 0.25) is 0 Å². The summed E-state index contributed by atoms with van der Waals surface area (Å²) in [5, 5.41) is 0.302. The minimum atomic E-state index is -0.269. The van der Waals surface area contributed by atoms with Crippen LogP contribution in [0, 0.1) is 0 Å². The van der Waals surface area contributed by atoms with Crippen molar-refractivity contribution in [3.8, 4) is 45.8 Å². The highest BCUT2D eigenvalue weighted by atomic mass is 16.5. The molecule has 0 saturated carbocycles. The molecule has 0 bridgehead atoms. The lowest BCUT2D eigenvalue weighted by Crippen LogP contribution is -2.04. The van der Waals surface area contributed by atoms with E-state index in [1.54, 1.807) is 18.2 Å². The number of rotatable bonds is 7. The maximum atomic E-state index is 12.8. The SMILES string of the molecule is COc1cc(-c2cc(=O)c3cc(OC)c(OC)c(OC)c3o2)cc(OC)c1OC. The molecule has 29 heavy (non-hydrogen) atoms. The van der Waals surface area contributed by atoms with Gasteiger partial charge in [-0.15, -0.1) is 0 Å². The molecular formula is C21H22O8. The molecule has 3 rings (SSSR count). The smallest absolute Gasteiger partial charge is 0.208 e. The van der Waals surface area contributed by atoms with E-state index in [-0.39, 0.29) is 16.8 Å². The summed E-state index contributed by atoms with van der Waals surface area (Å²) in [4.78, 5) is 12.8. The monoisotopic (exact) mass is 402 g/mol. The van der Waals surface area contributed by atoms with Gasteiger partial charge in [-0.05, 0) is 18.2 Å². The maximum Gasteiger partial charge on any atom is 0.208 e. The zero-order valence-corrected chi connectivity index (χ0v) is 17.1. The van der Waals surface area contributed by atoms with Gasteiger partial charge in [0.2, 0.25) is 17.2 Å². The van der Waals surface area contributed by atoms with Crippen molar-refractivity contribution in [3.05, 3.63) is 34.5 Å². The van der Waals surface area contributed by atoms with Gasteiger partial charge < -0.3 is 32.8 Å². The molecule has 0 unspecified atom stereocenters. The number of methoxy groups -OCH3 is 6. The second kappa shape index (κ2) is 8.22. The normalized spacial score (nSPS) is 10.6. The molecule has 0 radical (unpaired) electrons. The topological polar surface area (TPSA) is 85.6 Å². The Morgan fingerprint density at radius 3 is 1.62 bits per heavy atom. The minimum Gasteiger partial charge on any atom is -0.493 e. The Bertz CT molecular complexity index is 1080. The first-order chi connectivity index (χ1) is 14.0. The predicted octanol–water partition coefficient (Wildman–Crippen LogP) is 3.51. The van der Waals surface area contributed by atoms with Crippen LogP contribution in [0.5, 0.6) is 34.5 Å². The van der Waals surface area contributed by atoms with Gasteiger partial charge in [-0.1, -0.05) is 0 Å². The summed E-state index contributed by atoms with van der Waals surface area (Å²) in [6, 6.07) is 6.33. The van der Waals surface area contributed by atoms with E-state index in [1.165, 1.54) is 48.7 Å². The highest BCUT2D eigenvalue weighted by Crippen LogP contribution is 2.45. The average molecular weight is 402 g/mol. The Labute approximate surface area is 167 Å². The lowest BCUT2D eigenvalue weighted by atomic mass is 10.1. The van der Waals surface area contributed by atoms with Crippen LogP contribution in [0.15, 0.2) is 33.5 Å². The molecule has 0 amide bonds. The molecule has 0 saturated heterocycles. The molecule has 8 nitrogen and oxygen atoms in total. The van der Waals surface area contributed by atoms with Crippen molar-refractivity contribution in [3.63, 3.8) is 0 Å². The third-order valence-electron chi connectivity index (χ3n) is 4.47. The quantitative estimate of drug-likeness (QED) is 0.594. The Hall–Kier alpha value is -3.55. The van der Waals surface area contributed by atoms with Crippen LogP contribution in [0.3, 0.4) is 0 Å². The molecule has 8 heteroatoms. The second-order valence-electron chi connectivity index (χ2n) is 5.91. The number of fused-ring (bicyclic) bond motifs is 1. The molecule has 1 aromatic heterocycles. The number of hydrogen-bond acceptors (Lipinski definition) is 8. The Balaban J connectivity index is 2.34. The fourth-order valence-corrected chi connectivity index (χ4v) is 3.12. The first kappa shape index (κ1) is 20.2. The Morgan fingerprint density at radius 1 is 0.621 bits per heavy atom. The van der Waals surface area contributed by atoms with Gasteiger partial charge >= 0.3 is 0 Å². The number of hydrogen-bond donors (Lipinski definition) is 0. The van der Waals surface area contributed by atoms with Crippen LogP contribution >= 0.6 is 0 Å². The van der Waals surface area contributed by atoms with Gasteiger partial charge in [0.1, 0.15) is 5.76 Å². The third kappa shape index (κ3) is 3.37. The van der Waals surface area contributed by atoms with Crippen molar-refractivity contribution >= 4 is 11.0 Å². The zero-order chi connectivity index (χ0) is 21.1. The molecule has 0 N–H and O–H groups in total.